The van der Waals surface area contributed by atoms with Crippen molar-refractivity contribution in [2.75, 3.05) is 32.7 Å². The first kappa shape index (κ1) is 21.4. The number of nitrogens with zero attached hydrogens (tertiary/aromatic N) is 3. The predicted molar refractivity (Wildman–Crippen MR) is 120 cm³/mol. The summed E-state index contributed by atoms with van der Waals surface area (Å²) in [6, 6.07) is 9.41. The lowest BCUT2D eigenvalue weighted by molar-refractivity contribution is 0.267. The Morgan fingerprint density at radius 3 is 2.50 bits per heavy atom. The molecule has 1 aromatic rings. The lowest BCUT2D eigenvalue weighted by Gasteiger charge is -2.23. The Labute approximate surface area is 175 Å². The van der Waals surface area contributed by atoms with Crippen molar-refractivity contribution in [3.05, 3.63) is 35.4 Å². The van der Waals surface area contributed by atoms with Crippen LogP contribution in [0.4, 0.5) is 0 Å². The molecule has 1 aromatic carbocycles. The highest BCUT2D eigenvalue weighted by Gasteiger charge is 2.22. The van der Waals surface area contributed by atoms with Gasteiger partial charge in [0.15, 0.2) is 5.96 Å². The van der Waals surface area contributed by atoms with Crippen molar-refractivity contribution in [1.82, 2.24) is 15.1 Å². The molecular formula is C20H34IN5. The summed E-state index contributed by atoms with van der Waals surface area (Å²) in [5.41, 5.74) is 8.64. The molecule has 0 saturated carbocycles. The maximum atomic E-state index is 6.04. The SMILES string of the molecule is CCN1CCCC1CNC(N)=NCc1ccc(CN2CCCC2)cc1.I. The first-order valence-corrected chi connectivity index (χ1v) is 9.82. The van der Waals surface area contributed by atoms with Crippen LogP contribution in [0.5, 0.6) is 0 Å². The topological polar surface area (TPSA) is 56.9 Å². The molecule has 0 spiro atoms. The number of likely N-dealkylation sites (tertiary alicyclic amines) is 2. The molecule has 2 heterocycles. The van der Waals surface area contributed by atoms with Crippen LogP contribution in [0, 0.1) is 0 Å². The number of nitrogens with two attached hydrogens (primary N) is 1. The van der Waals surface area contributed by atoms with Gasteiger partial charge in [0.1, 0.15) is 0 Å². The van der Waals surface area contributed by atoms with E-state index in [1.807, 2.05) is 0 Å². The minimum absolute atomic E-state index is 0. The van der Waals surface area contributed by atoms with Gasteiger partial charge in [-0.05, 0) is 63.0 Å². The molecule has 0 bridgehead atoms. The van der Waals surface area contributed by atoms with E-state index in [0.29, 0.717) is 18.5 Å². The Bertz CT molecular complexity index is 554. The Morgan fingerprint density at radius 2 is 1.81 bits per heavy atom. The van der Waals surface area contributed by atoms with Crippen LogP contribution in [0.15, 0.2) is 29.3 Å². The molecule has 0 aliphatic carbocycles. The lowest BCUT2D eigenvalue weighted by Crippen LogP contribution is -2.42. The van der Waals surface area contributed by atoms with Gasteiger partial charge in [-0.15, -0.1) is 24.0 Å². The van der Waals surface area contributed by atoms with E-state index >= 15 is 0 Å². The molecule has 3 rings (SSSR count). The molecule has 26 heavy (non-hydrogen) atoms. The monoisotopic (exact) mass is 471 g/mol. The van der Waals surface area contributed by atoms with Crippen molar-refractivity contribution in [3.63, 3.8) is 0 Å². The molecule has 1 atom stereocenters. The van der Waals surface area contributed by atoms with E-state index in [-0.39, 0.29) is 24.0 Å². The highest BCUT2D eigenvalue weighted by atomic mass is 127. The summed E-state index contributed by atoms with van der Waals surface area (Å²) < 4.78 is 0. The molecule has 2 fully saturated rings. The number of rotatable bonds is 7. The molecule has 1 unspecified atom stereocenters. The molecule has 3 N–H and O–H groups in total. The van der Waals surface area contributed by atoms with Crippen LogP contribution in [0.3, 0.4) is 0 Å². The number of likely N-dealkylation sites (N-methyl/N-ethyl adjacent to an activating group) is 1. The van der Waals surface area contributed by atoms with Gasteiger partial charge in [0.2, 0.25) is 0 Å². The molecule has 0 aromatic heterocycles. The van der Waals surface area contributed by atoms with Crippen molar-refractivity contribution in [2.45, 2.75) is 51.7 Å². The summed E-state index contributed by atoms with van der Waals surface area (Å²) in [6.07, 6.45) is 5.24. The number of hydrogen-bond acceptors (Lipinski definition) is 3. The average Bonchev–Trinajstić information content (AvgIpc) is 3.30. The van der Waals surface area contributed by atoms with Gasteiger partial charge in [0.05, 0.1) is 6.54 Å². The second-order valence-electron chi connectivity index (χ2n) is 7.31. The molecule has 0 radical (unpaired) electrons. The Kier molecular flexibility index (Phi) is 9.15. The third kappa shape index (κ3) is 6.39. The molecule has 2 saturated heterocycles. The van der Waals surface area contributed by atoms with Crippen molar-refractivity contribution in [2.24, 2.45) is 10.7 Å². The number of nitrogens with one attached hydrogen (secondary N) is 1. The lowest BCUT2D eigenvalue weighted by atomic mass is 10.1. The molecule has 6 heteroatoms. The Balaban J connectivity index is 0.00000243. The van der Waals surface area contributed by atoms with Crippen molar-refractivity contribution >= 4 is 29.9 Å². The zero-order valence-electron chi connectivity index (χ0n) is 16.0. The van der Waals surface area contributed by atoms with Gasteiger partial charge in [-0.25, -0.2) is 4.99 Å². The van der Waals surface area contributed by atoms with E-state index in [9.17, 15) is 0 Å². The smallest absolute Gasteiger partial charge is 0.188 e. The minimum Gasteiger partial charge on any atom is -0.370 e. The fourth-order valence-electron chi connectivity index (χ4n) is 3.95. The summed E-state index contributed by atoms with van der Waals surface area (Å²) in [5.74, 6) is 0.559. The third-order valence-electron chi connectivity index (χ3n) is 5.48. The van der Waals surface area contributed by atoms with Crippen LogP contribution in [-0.2, 0) is 13.1 Å². The first-order chi connectivity index (χ1) is 12.2. The zero-order chi connectivity index (χ0) is 17.5. The highest BCUT2D eigenvalue weighted by molar-refractivity contribution is 14.0. The van der Waals surface area contributed by atoms with Crippen LogP contribution in [-0.4, -0.2) is 54.5 Å². The zero-order valence-corrected chi connectivity index (χ0v) is 18.3. The van der Waals surface area contributed by atoms with Gasteiger partial charge in [-0.2, -0.15) is 0 Å². The molecule has 146 valence electrons. The van der Waals surface area contributed by atoms with Crippen LogP contribution in [0.25, 0.3) is 0 Å². The van der Waals surface area contributed by atoms with E-state index in [1.165, 1.54) is 56.4 Å². The van der Waals surface area contributed by atoms with Gasteiger partial charge in [0.25, 0.3) is 0 Å². The molecule has 5 nitrogen and oxygen atoms in total. The maximum absolute atomic E-state index is 6.04. The second kappa shape index (κ2) is 11.1. The van der Waals surface area contributed by atoms with Crippen molar-refractivity contribution in [1.29, 1.82) is 0 Å². The normalized spacial score (nSPS) is 21.7. The number of halogens is 1. The average molecular weight is 471 g/mol. The third-order valence-corrected chi connectivity index (χ3v) is 5.48. The Hall–Kier alpha value is -0.860. The number of hydrogen-bond donors (Lipinski definition) is 2. The summed E-state index contributed by atoms with van der Waals surface area (Å²) in [4.78, 5) is 9.53. The van der Waals surface area contributed by atoms with E-state index in [1.54, 1.807) is 0 Å². The van der Waals surface area contributed by atoms with Crippen LogP contribution in [0.1, 0.15) is 43.7 Å². The molecule has 2 aliphatic rings. The minimum atomic E-state index is 0. The maximum Gasteiger partial charge on any atom is 0.188 e. The number of aliphatic imine (C=N–C) groups is 1. The fraction of sp³-hybridized carbons (Fsp3) is 0.650. The number of guanidine groups is 1. The van der Waals surface area contributed by atoms with Gasteiger partial charge in [-0.1, -0.05) is 31.2 Å². The highest BCUT2D eigenvalue weighted by Crippen LogP contribution is 2.15. The standard InChI is InChI=1S/C20H33N5.HI/c1-2-25-13-5-6-19(25)15-23-20(21)22-14-17-7-9-18(10-8-17)16-24-11-3-4-12-24;/h7-10,19H,2-6,11-16H2,1H3,(H3,21,22,23);1H. The van der Waals surface area contributed by atoms with Gasteiger partial charge in [0, 0.05) is 19.1 Å². The van der Waals surface area contributed by atoms with Crippen LogP contribution >= 0.6 is 24.0 Å². The Morgan fingerprint density at radius 1 is 1.12 bits per heavy atom. The molecule has 0 amide bonds. The predicted octanol–water partition coefficient (Wildman–Crippen LogP) is 2.79. The molecular weight excluding hydrogens is 437 g/mol. The van der Waals surface area contributed by atoms with Crippen molar-refractivity contribution < 1.29 is 0 Å². The second-order valence-corrected chi connectivity index (χ2v) is 7.31. The summed E-state index contributed by atoms with van der Waals surface area (Å²) in [5, 5.41) is 3.30. The largest absolute Gasteiger partial charge is 0.370 e. The quantitative estimate of drug-likeness (QED) is 0.365. The first-order valence-electron chi connectivity index (χ1n) is 9.82. The van der Waals surface area contributed by atoms with Crippen molar-refractivity contribution in [3.8, 4) is 0 Å². The summed E-state index contributed by atoms with van der Waals surface area (Å²) >= 11 is 0. The van der Waals surface area contributed by atoms with Gasteiger partial charge < -0.3 is 11.1 Å². The number of benzene rings is 1. The van der Waals surface area contributed by atoms with Gasteiger partial charge >= 0.3 is 0 Å². The summed E-state index contributed by atoms with van der Waals surface area (Å²) in [6.45, 7) is 9.65. The van der Waals surface area contributed by atoms with E-state index in [4.69, 9.17) is 5.73 Å². The van der Waals surface area contributed by atoms with Crippen LogP contribution in [0.2, 0.25) is 0 Å². The van der Waals surface area contributed by atoms with Crippen LogP contribution < -0.4 is 11.1 Å². The summed E-state index contributed by atoms with van der Waals surface area (Å²) in [7, 11) is 0. The van der Waals surface area contributed by atoms with Gasteiger partial charge in [-0.3, -0.25) is 9.80 Å². The molecule has 2 aliphatic heterocycles. The van der Waals surface area contributed by atoms with E-state index < -0.39 is 0 Å². The van der Waals surface area contributed by atoms with E-state index in [0.717, 1.165) is 19.6 Å². The fourth-order valence-corrected chi connectivity index (χ4v) is 3.95. The van der Waals surface area contributed by atoms with E-state index in [2.05, 4.69) is 51.3 Å².